The number of amides is 1. The van der Waals surface area contributed by atoms with Crippen LogP contribution >= 0.6 is 0 Å². The van der Waals surface area contributed by atoms with Crippen molar-refractivity contribution in [1.82, 2.24) is 4.90 Å². The molecule has 1 heterocycles. The third-order valence-corrected chi connectivity index (χ3v) is 12.2. The van der Waals surface area contributed by atoms with E-state index in [9.17, 15) is 4.79 Å². The maximum absolute atomic E-state index is 12.7. The van der Waals surface area contributed by atoms with Gasteiger partial charge in [0.1, 0.15) is 0 Å². The van der Waals surface area contributed by atoms with Gasteiger partial charge >= 0.3 is 0 Å². The summed E-state index contributed by atoms with van der Waals surface area (Å²) in [5.41, 5.74) is 2.22. The van der Waals surface area contributed by atoms with Gasteiger partial charge in [-0.2, -0.15) is 0 Å². The molecule has 1 saturated carbocycles. The minimum atomic E-state index is -1.95. The average Bonchev–Trinajstić information content (AvgIpc) is 3.03. The smallest absolute Gasteiger partial charge is 0.246 e. The van der Waals surface area contributed by atoms with E-state index in [4.69, 9.17) is 13.9 Å². The van der Waals surface area contributed by atoms with Gasteiger partial charge in [0.15, 0.2) is 14.6 Å². The van der Waals surface area contributed by atoms with Crippen LogP contribution in [0.1, 0.15) is 73.1 Å². The highest BCUT2D eigenvalue weighted by Gasteiger charge is 2.45. The maximum atomic E-state index is 12.7. The van der Waals surface area contributed by atoms with Crippen molar-refractivity contribution in [3.05, 3.63) is 35.5 Å². The Bertz CT molecular complexity index is 772. The lowest BCUT2D eigenvalue weighted by Gasteiger charge is -2.39. The summed E-state index contributed by atoms with van der Waals surface area (Å²) in [7, 11) is 1.66. The summed E-state index contributed by atoms with van der Waals surface area (Å²) in [5.74, 6) is 0.0264. The van der Waals surface area contributed by atoms with Crippen LogP contribution in [0.5, 0.6) is 0 Å². The van der Waals surface area contributed by atoms with E-state index >= 15 is 0 Å². The molecule has 1 aliphatic carbocycles. The Kier molecular flexibility index (Phi) is 10.4. The summed E-state index contributed by atoms with van der Waals surface area (Å²) in [4.78, 5) is 14.3. The summed E-state index contributed by atoms with van der Waals surface area (Å²) in [5, 5.41) is 0.130. The van der Waals surface area contributed by atoms with Gasteiger partial charge in [-0.25, -0.2) is 0 Å². The van der Waals surface area contributed by atoms with E-state index in [1.807, 2.05) is 6.08 Å². The highest BCUT2D eigenvalue weighted by Crippen LogP contribution is 2.48. The molecule has 2 fully saturated rings. The van der Waals surface area contributed by atoms with Gasteiger partial charge in [-0.05, 0) is 69.2 Å². The molecule has 194 valence electrons. The molecule has 0 aromatic rings. The SMILES string of the molecule is C/C(=C\COC1CCCCO1)C/C=C/[C@]1(C)CC[C@@H](O[Si](C)(C)C(C)(C)C)/C1=C\C(=O)N(C)C. The number of nitrogens with zero attached hydrogens (tertiary/aromatic N) is 1. The normalized spacial score (nSPS) is 28.1. The van der Waals surface area contributed by atoms with Crippen molar-refractivity contribution < 1.29 is 18.7 Å². The molecule has 1 saturated heterocycles. The Morgan fingerprint density at radius 1 is 1.24 bits per heavy atom. The molecule has 2 rings (SSSR count). The fourth-order valence-corrected chi connectivity index (χ4v) is 5.49. The Morgan fingerprint density at radius 3 is 2.53 bits per heavy atom. The molecule has 0 aromatic carbocycles. The molecule has 2 aliphatic rings. The first-order chi connectivity index (χ1) is 15.7. The van der Waals surface area contributed by atoms with Crippen molar-refractivity contribution in [2.24, 2.45) is 5.41 Å². The number of allylic oxidation sites excluding steroid dienone is 3. The predicted octanol–water partition coefficient (Wildman–Crippen LogP) is 6.63. The summed E-state index contributed by atoms with van der Waals surface area (Å²) in [6.07, 6.45) is 14.6. The molecule has 34 heavy (non-hydrogen) atoms. The van der Waals surface area contributed by atoms with Crippen LogP contribution in [0.15, 0.2) is 35.5 Å². The second-order valence-corrected chi connectivity index (χ2v) is 16.7. The third kappa shape index (κ3) is 8.18. The predicted molar refractivity (Wildman–Crippen MR) is 143 cm³/mol. The molecule has 0 bridgehead atoms. The van der Waals surface area contributed by atoms with Gasteiger partial charge in [-0.3, -0.25) is 4.79 Å². The van der Waals surface area contributed by atoms with Crippen molar-refractivity contribution in [2.45, 2.75) is 104 Å². The zero-order valence-electron chi connectivity index (χ0n) is 23.2. The van der Waals surface area contributed by atoms with Crippen LogP contribution in [0.3, 0.4) is 0 Å². The summed E-state index contributed by atoms with van der Waals surface area (Å²) < 4.78 is 18.3. The van der Waals surface area contributed by atoms with Crippen molar-refractivity contribution in [3.8, 4) is 0 Å². The van der Waals surface area contributed by atoms with E-state index < -0.39 is 8.32 Å². The molecule has 1 unspecified atom stereocenters. The van der Waals surface area contributed by atoms with Crippen LogP contribution in [0.25, 0.3) is 0 Å². The monoisotopic (exact) mass is 491 g/mol. The van der Waals surface area contributed by atoms with Crippen LogP contribution in [0.4, 0.5) is 0 Å². The molecule has 5 nitrogen and oxygen atoms in total. The zero-order valence-corrected chi connectivity index (χ0v) is 24.2. The Labute approximate surface area is 209 Å². The molecular formula is C28H49NO4Si. The molecule has 1 aliphatic heterocycles. The lowest BCUT2D eigenvalue weighted by molar-refractivity contribution is -0.155. The zero-order chi connectivity index (χ0) is 25.6. The van der Waals surface area contributed by atoms with Crippen LogP contribution in [-0.4, -0.2) is 58.8 Å². The Morgan fingerprint density at radius 2 is 1.94 bits per heavy atom. The minimum Gasteiger partial charge on any atom is -0.410 e. The average molecular weight is 492 g/mol. The number of hydrogen-bond donors (Lipinski definition) is 0. The van der Waals surface area contributed by atoms with Gasteiger partial charge in [-0.1, -0.05) is 51.5 Å². The lowest BCUT2D eigenvalue weighted by Crippen LogP contribution is -2.44. The largest absolute Gasteiger partial charge is 0.410 e. The van der Waals surface area contributed by atoms with Gasteiger partial charge in [0.2, 0.25) is 5.91 Å². The van der Waals surface area contributed by atoms with Crippen molar-refractivity contribution >= 4 is 14.2 Å². The first-order valence-corrected chi connectivity index (χ1v) is 15.8. The van der Waals surface area contributed by atoms with Crippen molar-refractivity contribution in [3.63, 3.8) is 0 Å². The standard InChI is InChI=1S/C28H49NO4Si/c1-22(16-20-32-26-14-10-11-19-31-26)13-12-17-28(5)18-15-24(23(28)21-25(30)29(6)7)33-34(8,9)27(2,3)4/h12,16-17,21,24,26H,10-11,13-15,18-20H2,1-9H3/b17-12+,22-16+,23-21+/t24-,26?,28-/m1/s1. The van der Waals surface area contributed by atoms with Gasteiger partial charge in [0, 0.05) is 32.2 Å². The molecular weight excluding hydrogens is 442 g/mol. The molecule has 6 heteroatoms. The topological polar surface area (TPSA) is 48.0 Å². The highest BCUT2D eigenvalue weighted by molar-refractivity contribution is 6.74. The molecule has 3 atom stereocenters. The van der Waals surface area contributed by atoms with E-state index in [0.717, 1.165) is 44.3 Å². The summed E-state index contributed by atoms with van der Waals surface area (Å²) in [6, 6.07) is 0. The summed E-state index contributed by atoms with van der Waals surface area (Å²) >= 11 is 0. The fourth-order valence-electron chi connectivity index (χ4n) is 4.18. The minimum absolute atomic E-state index is 0.0000241. The van der Waals surface area contributed by atoms with Crippen LogP contribution in [0, 0.1) is 5.41 Å². The van der Waals surface area contributed by atoms with Crippen molar-refractivity contribution in [1.29, 1.82) is 0 Å². The highest BCUT2D eigenvalue weighted by atomic mass is 28.4. The molecule has 0 aromatic heterocycles. The molecule has 1 amide bonds. The van der Waals surface area contributed by atoms with Crippen LogP contribution in [-0.2, 0) is 18.7 Å². The van der Waals surface area contributed by atoms with E-state index in [0.29, 0.717) is 6.61 Å². The van der Waals surface area contributed by atoms with Crippen molar-refractivity contribution in [2.75, 3.05) is 27.3 Å². The quantitative estimate of drug-likeness (QED) is 0.206. The first kappa shape index (κ1) is 29.0. The fraction of sp³-hybridized carbons (Fsp3) is 0.750. The number of carbonyl (C=O) groups excluding carboxylic acids is 1. The van der Waals surface area contributed by atoms with E-state index in [2.05, 4.69) is 65.9 Å². The second kappa shape index (κ2) is 12.2. The number of likely N-dealkylation sites (N-methyl/N-ethyl adjacent to an activating group) is 1. The Balaban J connectivity index is 2.09. The van der Waals surface area contributed by atoms with Gasteiger partial charge in [-0.15, -0.1) is 0 Å². The number of ether oxygens (including phenoxy) is 2. The third-order valence-electron chi connectivity index (χ3n) is 7.67. The number of hydrogen-bond acceptors (Lipinski definition) is 4. The van der Waals surface area contributed by atoms with E-state index in [1.54, 1.807) is 19.0 Å². The molecule has 0 radical (unpaired) electrons. The maximum Gasteiger partial charge on any atom is 0.246 e. The lowest BCUT2D eigenvalue weighted by atomic mass is 9.83. The van der Waals surface area contributed by atoms with Crippen LogP contribution < -0.4 is 0 Å². The van der Waals surface area contributed by atoms with Gasteiger partial charge in [0.25, 0.3) is 0 Å². The molecule has 0 spiro atoms. The first-order valence-electron chi connectivity index (χ1n) is 12.9. The molecule has 0 N–H and O–H groups in total. The second-order valence-electron chi connectivity index (χ2n) is 11.9. The van der Waals surface area contributed by atoms with E-state index in [1.165, 1.54) is 12.0 Å². The van der Waals surface area contributed by atoms with E-state index in [-0.39, 0.29) is 28.8 Å². The number of carbonyl (C=O) groups is 1. The van der Waals surface area contributed by atoms with Gasteiger partial charge in [0.05, 0.1) is 12.7 Å². The number of rotatable bonds is 9. The summed E-state index contributed by atoms with van der Waals surface area (Å²) in [6.45, 7) is 17.2. The Hall–Kier alpha value is -1.21. The van der Waals surface area contributed by atoms with Crippen LogP contribution in [0.2, 0.25) is 18.1 Å². The van der Waals surface area contributed by atoms with Gasteiger partial charge < -0.3 is 18.8 Å².